The minimum Gasteiger partial charge on any atom is -0.459 e. The largest absolute Gasteiger partial charge is 0.459 e. The van der Waals surface area contributed by atoms with Gasteiger partial charge >= 0.3 is 12.1 Å². The number of ether oxygens (including phenoxy) is 3. The lowest BCUT2D eigenvalue weighted by Gasteiger charge is -2.35. The molecule has 2 aliphatic heterocycles. The summed E-state index contributed by atoms with van der Waals surface area (Å²) in [6, 6.07) is 27.3. The van der Waals surface area contributed by atoms with Crippen LogP contribution < -0.4 is 5.32 Å². The number of pyridine rings is 1. The molecule has 10 nitrogen and oxygen atoms in total. The molecule has 5 aromatic rings. The van der Waals surface area contributed by atoms with Crippen LogP contribution >= 0.6 is 0 Å². The van der Waals surface area contributed by atoms with Crippen LogP contribution in [0.3, 0.4) is 0 Å². The van der Waals surface area contributed by atoms with E-state index >= 15 is 0 Å². The van der Waals surface area contributed by atoms with Crippen molar-refractivity contribution in [2.45, 2.75) is 90.7 Å². The predicted molar refractivity (Wildman–Crippen MR) is 217 cm³/mol. The Bertz CT molecular complexity index is 2210. The first-order valence-corrected chi connectivity index (χ1v) is 19.7. The summed E-state index contributed by atoms with van der Waals surface area (Å²) in [5.41, 5.74) is 7.90. The topological polar surface area (TPSA) is 112 Å². The van der Waals surface area contributed by atoms with Crippen molar-refractivity contribution in [3.63, 3.8) is 0 Å². The highest BCUT2D eigenvalue weighted by Gasteiger charge is 2.34. The predicted octanol–water partition coefficient (Wildman–Crippen LogP) is 8.44. The van der Waals surface area contributed by atoms with Gasteiger partial charge in [-0.25, -0.2) is 4.79 Å². The minimum absolute atomic E-state index is 0.0718. The summed E-state index contributed by atoms with van der Waals surface area (Å²) < 4.78 is 20.0. The fourth-order valence-electron chi connectivity index (χ4n) is 8.39. The molecule has 7 rings (SSSR count). The van der Waals surface area contributed by atoms with Crippen LogP contribution in [0, 0.1) is 5.92 Å². The van der Waals surface area contributed by atoms with Crippen LogP contribution in [0.1, 0.15) is 75.4 Å². The fourth-order valence-corrected chi connectivity index (χ4v) is 8.39. The molecule has 1 fully saturated rings. The van der Waals surface area contributed by atoms with E-state index in [1.54, 1.807) is 18.2 Å². The van der Waals surface area contributed by atoms with E-state index in [1.807, 2.05) is 69.3 Å². The van der Waals surface area contributed by atoms with E-state index in [2.05, 4.69) is 53.2 Å². The first kappa shape index (κ1) is 38.8. The molecule has 6 bridgehead atoms. The van der Waals surface area contributed by atoms with Gasteiger partial charge in [-0.3, -0.25) is 14.6 Å². The molecule has 0 radical (unpaired) electrons. The molecule has 1 saturated heterocycles. The third kappa shape index (κ3) is 8.50. The van der Waals surface area contributed by atoms with E-state index in [-0.39, 0.29) is 43.3 Å². The highest BCUT2D eigenvalue weighted by atomic mass is 16.6. The Balaban J connectivity index is 1.33. The van der Waals surface area contributed by atoms with E-state index in [1.165, 1.54) is 0 Å². The SMILES string of the molecule is CCn1c(-c2cccnc2[C@H](C)OC)c2c3cc(ccc31)-c1cccc(c1)C[C@H](NC(=O)OCc1ccccc1)C(=O)N1CCC[C@H](CC(=O)OC(C)(C)C2)C1. The number of fused-ring (bicyclic) bond motifs is 6. The standard InChI is InChI=1S/C46H52N4O6/c1-6-50-40-20-19-35-26-37(40)38(43(50)36-18-11-21-47-42(36)30(2)54-5)27-46(3,4)56-41(51)25-33-16-12-22-49(28-33)44(52)39(24-32-15-10-17-34(35)23-32)48-45(53)55-29-31-13-8-7-9-14-31/h7-11,13-15,17-21,23,26,30,33,39H,6,12,16,22,24-25,27-29H2,1-5H3,(H,48,53)/t30-,33+,39-/m0/s1. The number of cyclic esters (lactones) is 1. The van der Waals surface area contributed by atoms with Gasteiger partial charge in [-0.05, 0) is 98.5 Å². The van der Waals surface area contributed by atoms with E-state index in [9.17, 15) is 14.4 Å². The second-order valence-corrected chi connectivity index (χ2v) is 15.7. The molecule has 4 heterocycles. The zero-order valence-corrected chi connectivity index (χ0v) is 33.0. The van der Waals surface area contributed by atoms with Crippen LogP contribution in [-0.2, 0) is 49.8 Å². The summed E-state index contributed by atoms with van der Waals surface area (Å²) in [5.74, 6) is -0.553. The number of carbonyl (C=O) groups excluding carboxylic acids is 3. The number of esters is 1. The number of nitrogens with zero attached hydrogens (tertiary/aromatic N) is 3. The molecule has 3 aromatic carbocycles. The lowest BCUT2D eigenvalue weighted by Crippen LogP contribution is -2.52. The van der Waals surface area contributed by atoms with Gasteiger partial charge in [0.1, 0.15) is 18.2 Å². The molecule has 0 unspecified atom stereocenters. The van der Waals surface area contributed by atoms with Crippen LogP contribution in [0.5, 0.6) is 0 Å². The smallest absolute Gasteiger partial charge is 0.408 e. The maximum absolute atomic E-state index is 14.3. The summed E-state index contributed by atoms with van der Waals surface area (Å²) in [5, 5.41) is 3.96. The highest BCUT2D eigenvalue weighted by Crippen LogP contribution is 2.41. The minimum atomic E-state index is -0.865. The van der Waals surface area contributed by atoms with Crippen molar-refractivity contribution in [3.8, 4) is 22.4 Å². The van der Waals surface area contributed by atoms with Gasteiger partial charge in [0, 0.05) is 62.2 Å². The van der Waals surface area contributed by atoms with Gasteiger partial charge in [-0.1, -0.05) is 60.7 Å². The Morgan fingerprint density at radius 1 is 1.00 bits per heavy atom. The van der Waals surface area contributed by atoms with Crippen molar-refractivity contribution in [2.24, 2.45) is 5.92 Å². The van der Waals surface area contributed by atoms with E-state index in [4.69, 9.17) is 19.2 Å². The second-order valence-electron chi connectivity index (χ2n) is 15.7. The third-order valence-electron chi connectivity index (χ3n) is 11.1. The second kappa shape index (κ2) is 16.7. The van der Waals surface area contributed by atoms with E-state index in [0.717, 1.165) is 68.5 Å². The third-order valence-corrected chi connectivity index (χ3v) is 11.1. The van der Waals surface area contributed by atoms with Crippen molar-refractivity contribution < 1.29 is 28.6 Å². The maximum Gasteiger partial charge on any atom is 0.408 e. The molecule has 2 aliphatic rings. The number of hydrogen-bond donors (Lipinski definition) is 1. The zero-order chi connectivity index (χ0) is 39.4. The zero-order valence-electron chi connectivity index (χ0n) is 33.0. The Labute approximate surface area is 329 Å². The number of aromatic nitrogens is 2. The molecule has 3 atom stereocenters. The van der Waals surface area contributed by atoms with Gasteiger partial charge in [0.15, 0.2) is 0 Å². The van der Waals surface area contributed by atoms with Crippen molar-refractivity contribution in [2.75, 3.05) is 20.2 Å². The Morgan fingerprint density at radius 2 is 1.80 bits per heavy atom. The Kier molecular flexibility index (Phi) is 11.6. The highest BCUT2D eigenvalue weighted by molar-refractivity contribution is 5.95. The lowest BCUT2D eigenvalue weighted by atomic mass is 9.90. The lowest BCUT2D eigenvalue weighted by molar-refractivity contribution is -0.158. The molecular formula is C46H52N4O6. The van der Waals surface area contributed by atoms with E-state index < -0.39 is 17.7 Å². The number of methoxy groups -OCH3 is 1. The number of aryl methyl sites for hydroxylation is 1. The van der Waals surface area contributed by atoms with Crippen molar-refractivity contribution >= 4 is 28.9 Å². The van der Waals surface area contributed by atoms with Gasteiger partial charge in [0.05, 0.1) is 23.9 Å². The van der Waals surface area contributed by atoms with Gasteiger partial charge in [0.2, 0.25) is 5.91 Å². The van der Waals surface area contributed by atoms with Crippen LogP contribution in [-0.4, -0.2) is 64.3 Å². The van der Waals surface area contributed by atoms with Gasteiger partial charge < -0.3 is 29.0 Å². The quantitative estimate of drug-likeness (QED) is 0.166. The summed E-state index contributed by atoms with van der Waals surface area (Å²) in [6.07, 6.45) is 3.39. The Morgan fingerprint density at radius 3 is 2.59 bits per heavy atom. The molecule has 56 heavy (non-hydrogen) atoms. The molecule has 2 amide bonds. The first-order valence-electron chi connectivity index (χ1n) is 19.7. The number of piperidine rings is 1. The van der Waals surface area contributed by atoms with Crippen LogP contribution in [0.2, 0.25) is 0 Å². The average Bonchev–Trinajstić information content (AvgIpc) is 3.50. The van der Waals surface area contributed by atoms with Gasteiger partial charge in [-0.15, -0.1) is 0 Å². The van der Waals surface area contributed by atoms with Crippen molar-refractivity contribution in [1.82, 2.24) is 19.8 Å². The number of nitrogens with one attached hydrogen (secondary N) is 1. The van der Waals surface area contributed by atoms with Crippen LogP contribution in [0.15, 0.2) is 91.1 Å². The van der Waals surface area contributed by atoms with Gasteiger partial charge in [-0.2, -0.15) is 0 Å². The molecule has 292 valence electrons. The maximum atomic E-state index is 14.3. The monoisotopic (exact) mass is 756 g/mol. The fraction of sp³-hybridized carbons (Fsp3) is 0.391. The molecular weight excluding hydrogens is 705 g/mol. The summed E-state index contributed by atoms with van der Waals surface area (Å²) in [7, 11) is 1.69. The normalized spacial score (nSPS) is 19.2. The van der Waals surface area contributed by atoms with Crippen LogP contribution in [0.25, 0.3) is 33.3 Å². The molecule has 0 saturated carbocycles. The summed E-state index contributed by atoms with van der Waals surface area (Å²) in [6.45, 7) is 9.85. The number of hydrogen-bond acceptors (Lipinski definition) is 7. The molecule has 10 heteroatoms. The van der Waals surface area contributed by atoms with Crippen molar-refractivity contribution in [1.29, 1.82) is 0 Å². The van der Waals surface area contributed by atoms with Crippen molar-refractivity contribution in [3.05, 3.63) is 114 Å². The van der Waals surface area contributed by atoms with Gasteiger partial charge in [0.25, 0.3) is 0 Å². The molecule has 1 N–H and O–H groups in total. The first-order chi connectivity index (χ1) is 27.0. The molecule has 0 aliphatic carbocycles. The number of rotatable bonds is 7. The molecule has 0 spiro atoms. The molecule has 2 aromatic heterocycles. The summed E-state index contributed by atoms with van der Waals surface area (Å²) in [4.78, 5) is 47.8. The average molecular weight is 757 g/mol. The summed E-state index contributed by atoms with van der Waals surface area (Å²) >= 11 is 0. The van der Waals surface area contributed by atoms with E-state index in [0.29, 0.717) is 26.1 Å². The number of benzene rings is 3. The number of carbonyl (C=O) groups is 3. The van der Waals surface area contributed by atoms with Crippen LogP contribution in [0.4, 0.5) is 4.79 Å². The number of alkyl carbamates (subject to hydrolysis) is 1. The number of amides is 2. The Hall–Kier alpha value is -5.48.